The molecule has 0 spiro atoms. The summed E-state index contributed by atoms with van der Waals surface area (Å²) in [4.78, 5) is 5.97. The van der Waals surface area contributed by atoms with Crippen LogP contribution in [0.3, 0.4) is 0 Å². The van der Waals surface area contributed by atoms with Crippen molar-refractivity contribution in [1.29, 1.82) is 0 Å². The first kappa shape index (κ1) is 9.60. The van der Waals surface area contributed by atoms with Crippen molar-refractivity contribution >= 4 is 33.4 Å². The molecule has 3 heteroatoms. The highest BCUT2D eigenvalue weighted by Gasteiger charge is 2.15. The second kappa shape index (κ2) is 3.46. The minimum absolute atomic E-state index is 1.01. The van der Waals surface area contributed by atoms with E-state index in [0.717, 1.165) is 17.1 Å². The number of hydrogen-bond acceptors (Lipinski definition) is 3. The zero-order valence-electron chi connectivity index (χ0n) is 9.24. The quantitative estimate of drug-likeness (QED) is 0.716. The van der Waals surface area contributed by atoms with Crippen LogP contribution >= 0.6 is 11.3 Å². The molecule has 3 rings (SSSR count). The Morgan fingerprint density at radius 1 is 1.19 bits per heavy atom. The Hall–Kier alpha value is -1.61. The van der Waals surface area contributed by atoms with E-state index in [2.05, 4.69) is 36.3 Å². The fourth-order valence-corrected chi connectivity index (χ4v) is 2.89. The van der Waals surface area contributed by atoms with Crippen LogP contribution in [-0.2, 0) is 0 Å². The Labute approximate surface area is 98.7 Å². The first-order chi connectivity index (χ1) is 7.74. The molecule has 1 aliphatic heterocycles. The molecule has 1 aliphatic rings. The number of aliphatic imine (C=N–C) groups is 1. The molecule has 2 nitrogen and oxygen atoms in total. The van der Waals surface area contributed by atoms with Crippen molar-refractivity contribution in [3.8, 4) is 0 Å². The van der Waals surface area contributed by atoms with Crippen LogP contribution in [0.25, 0.3) is 0 Å². The number of anilines is 2. The average Bonchev–Trinajstić information content (AvgIpc) is 2.57. The average molecular weight is 228 g/mol. The molecule has 0 amide bonds. The molecule has 16 heavy (non-hydrogen) atoms. The number of nitrogens with zero attached hydrogens (tertiary/aromatic N) is 1. The van der Waals surface area contributed by atoms with E-state index < -0.39 is 0 Å². The lowest BCUT2D eigenvalue weighted by Crippen LogP contribution is -1.93. The summed E-state index contributed by atoms with van der Waals surface area (Å²) in [7, 11) is 0. The number of aryl methyl sites for hydroxylation is 1. The maximum absolute atomic E-state index is 4.66. The minimum atomic E-state index is 1.01. The molecular weight excluding hydrogens is 216 g/mol. The summed E-state index contributed by atoms with van der Waals surface area (Å²) in [5.41, 5.74) is 4.40. The first-order valence-corrected chi connectivity index (χ1v) is 6.08. The van der Waals surface area contributed by atoms with Crippen molar-refractivity contribution in [3.05, 3.63) is 40.8 Å². The van der Waals surface area contributed by atoms with E-state index in [0.29, 0.717) is 0 Å². The Kier molecular flexibility index (Phi) is 2.07. The molecule has 0 unspecified atom stereocenters. The van der Waals surface area contributed by atoms with Gasteiger partial charge < -0.3 is 5.32 Å². The van der Waals surface area contributed by atoms with Crippen LogP contribution in [0, 0.1) is 6.92 Å². The monoisotopic (exact) mass is 228 g/mol. The summed E-state index contributed by atoms with van der Waals surface area (Å²) in [6.45, 7) is 4.19. The molecule has 80 valence electrons. The number of hydrogen-bond donors (Lipinski definition) is 1. The third kappa shape index (κ3) is 1.44. The summed E-state index contributed by atoms with van der Waals surface area (Å²) >= 11 is 1.78. The van der Waals surface area contributed by atoms with Crippen molar-refractivity contribution in [2.24, 2.45) is 4.99 Å². The van der Waals surface area contributed by atoms with Crippen LogP contribution in [0.4, 0.5) is 16.4 Å². The number of benzene rings is 1. The Balaban J connectivity index is 2.24. The molecule has 2 heterocycles. The molecular formula is C13H12N2S. The normalized spacial score (nSPS) is 13.2. The molecule has 0 bridgehead atoms. The predicted molar refractivity (Wildman–Crippen MR) is 70.7 cm³/mol. The van der Waals surface area contributed by atoms with E-state index in [4.69, 9.17) is 0 Å². The predicted octanol–water partition coefficient (Wildman–Crippen LogP) is 4.25. The SMILES string of the molecule is CC1=Nc2ccccc2Nc2sc(C)cc21. The van der Waals surface area contributed by atoms with Gasteiger partial charge >= 0.3 is 0 Å². The van der Waals surface area contributed by atoms with Gasteiger partial charge in [0.2, 0.25) is 0 Å². The molecule has 0 atom stereocenters. The van der Waals surface area contributed by atoms with E-state index in [9.17, 15) is 0 Å². The smallest absolute Gasteiger partial charge is 0.102 e. The van der Waals surface area contributed by atoms with Gasteiger partial charge in [0, 0.05) is 16.2 Å². The molecule has 0 saturated heterocycles. The number of thiophene rings is 1. The topological polar surface area (TPSA) is 24.4 Å². The molecule has 1 aromatic heterocycles. The Bertz CT molecular complexity index is 581. The van der Waals surface area contributed by atoms with Crippen molar-refractivity contribution in [2.45, 2.75) is 13.8 Å². The van der Waals surface area contributed by atoms with Crippen LogP contribution in [0.2, 0.25) is 0 Å². The van der Waals surface area contributed by atoms with Gasteiger partial charge in [0.05, 0.1) is 11.4 Å². The standard InChI is InChI=1S/C13H12N2S/c1-8-7-10-9(2)14-11-5-3-4-6-12(11)15-13(10)16-8/h3-7,15H,1-2H3. The van der Waals surface area contributed by atoms with Gasteiger partial charge in [-0.15, -0.1) is 11.3 Å². The molecule has 2 aromatic rings. The molecule has 0 fully saturated rings. The highest BCUT2D eigenvalue weighted by Crippen LogP contribution is 2.38. The van der Waals surface area contributed by atoms with Gasteiger partial charge in [-0.1, -0.05) is 12.1 Å². The third-order valence-electron chi connectivity index (χ3n) is 2.69. The molecule has 0 aliphatic carbocycles. The largest absolute Gasteiger partial charge is 0.345 e. The van der Waals surface area contributed by atoms with Crippen LogP contribution in [0.15, 0.2) is 35.3 Å². The van der Waals surface area contributed by atoms with Gasteiger partial charge in [0.15, 0.2) is 0 Å². The lowest BCUT2D eigenvalue weighted by Gasteiger charge is -2.04. The van der Waals surface area contributed by atoms with Crippen molar-refractivity contribution < 1.29 is 0 Å². The number of rotatable bonds is 0. The zero-order valence-corrected chi connectivity index (χ0v) is 10.1. The molecule has 1 aromatic carbocycles. The number of nitrogens with one attached hydrogen (secondary N) is 1. The zero-order chi connectivity index (χ0) is 11.1. The lowest BCUT2D eigenvalue weighted by molar-refractivity contribution is 1.50. The highest BCUT2D eigenvalue weighted by molar-refractivity contribution is 7.16. The highest BCUT2D eigenvalue weighted by atomic mass is 32.1. The summed E-state index contributed by atoms with van der Waals surface area (Å²) < 4.78 is 0. The van der Waals surface area contributed by atoms with Crippen molar-refractivity contribution in [1.82, 2.24) is 0 Å². The number of para-hydroxylation sites is 2. The molecule has 1 N–H and O–H groups in total. The minimum Gasteiger partial charge on any atom is -0.345 e. The van der Waals surface area contributed by atoms with E-state index in [1.54, 1.807) is 11.3 Å². The fraction of sp³-hybridized carbons (Fsp3) is 0.154. The summed E-state index contributed by atoms with van der Waals surface area (Å²) in [5, 5.41) is 4.66. The fourth-order valence-electron chi connectivity index (χ4n) is 1.92. The van der Waals surface area contributed by atoms with Crippen molar-refractivity contribution in [3.63, 3.8) is 0 Å². The lowest BCUT2D eigenvalue weighted by atomic mass is 10.2. The van der Waals surface area contributed by atoms with Crippen LogP contribution in [-0.4, -0.2) is 5.71 Å². The van der Waals surface area contributed by atoms with Gasteiger partial charge in [-0.3, -0.25) is 4.99 Å². The van der Waals surface area contributed by atoms with Gasteiger partial charge in [-0.05, 0) is 32.0 Å². The van der Waals surface area contributed by atoms with Gasteiger partial charge in [0.1, 0.15) is 5.00 Å². The van der Waals surface area contributed by atoms with Gasteiger partial charge in [0.25, 0.3) is 0 Å². The molecule has 0 radical (unpaired) electrons. The Morgan fingerprint density at radius 2 is 2.00 bits per heavy atom. The van der Waals surface area contributed by atoms with E-state index in [1.807, 2.05) is 18.2 Å². The summed E-state index contributed by atoms with van der Waals surface area (Å²) in [6, 6.07) is 10.3. The number of fused-ring (bicyclic) bond motifs is 2. The van der Waals surface area contributed by atoms with E-state index in [-0.39, 0.29) is 0 Å². The second-order valence-corrected chi connectivity index (χ2v) is 5.20. The summed E-state index contributed by atoms with van der Waals surface area (Å²) in [5.74, 6) is 0. The maximum atomic E-state index is 4.66. The van der Waals surface area contributed by atoms with Crippen LogP contribution in [0.5, 0.6) is 0 Å². The maximum Gasteiger partial charge on any atom is 0.102 e. The van der Waals surface area contributed by atoms with E-state index in [1.165, 1.54) is 15.4 Å². The second-order valence-electron chi connectivity index (χ2n) is 3.94. The van der Waals surface area contributed by atoms with E-state index >= 15 is 0 Å². The Morgan fingerprint density at radius 3 is 2.88 bits per heavy atom. The first-order valence-electron chi connectivity index (χ1n) is 5.26. The van der Waals surface area contributed by atoms with Gasteiger partial charge in [-0.2, -0.15) is 0 Å². The third-order valence-corrected chi connectivity index (χ3v) is 3.65. The van der Waals surface area contributed by atoms with Crippen LogP contribution in [0.1, 0.15) is 17.4 Å². The van der Waals surface area contributed by atoms with Crippen molar-refractivity contribution in [2.75, 3.05) is 5.32 Å². The van der Waals surface area contributed by atoms with Crippen LogP contribution < -0.4 is 5.32 Å². The van der Waals surface area contributed by atoms with Gasteiger partial charge in [-0.25, -0.2) is 0 Å². The summed E-state index contributed by atoms with van der Waals surface area (Å²) in [6.07, 6.45) is 0. The molecule has 0 saturated carbocycles.